The summed E-state index contributed by atoms with van der Waals surface area (Å²) in [6.07, 6.45) is 9.82. The molecule has 1 unspecified atom stereocenters. The molecule has 0 amide bonds. The standard InChI is InChI=1S/3C8H13N3O.CH4/c3*1-12-5-2-3-7-6(4-5)8(9)11-10-7;/h3*5H,2-4H2,1H3,(H3,9,10,11);1H4/t2*5-;;/m10../s1. The number of nitrogen functional groups attached to an aromatic ring is 3. The van der Waals surface area contributed by atoms with Crippen LogP contribution in [0.15, 0.2) is 0 Å². The number of rotatable bonds is 3. The first kappa shape index (κ1) is 28.5. The fraction of sp³-hybridized carbons (Fsp3) is 0.640. The van der Waals surface area contributed by atoms with Gasteiger partial charge in [-0.05, 0) is 38.5 Å². The van der Waals surface area contributed by atoms with Crippen LogP contribution < -0.4 is 17.2 Å². The number of hydrogen-bond donors (Lipinski definition) is 6. The zero-order valence-corrected chi connectivity index (χ0v) is 21.4. The maximum absolute atomic E-state index is 5.68. The van der Waals surface area contributed by atoms with Crippen molar-refractivity contribution < 1.29 is 14.2 Å². The molecule has 3 heterocycles. The van der Waals surface area contributed by atoms with Gasteiger partial charge < -0.3 is 31.4 Å². The van der Waals surface area contributed by atoms with Crippen LogP contribution in [0.5, 0.6) is 0 Å². The third-order valence-corrected chi connectivity index (χ3v) is 7.40. The summed E-state index contributed by atoms with van der Waals surface area (Å²) in [7, 11) is 5.23. The molecule has 3 atom stereocenters. The lowest BCUT2D eigenvalue weighted by Crippen LogP contribution is -2.21. The summed E-state index contributed by atoms with van der Waals surface area (Å²) in [4.78, 5) is 0. The highest BCUT2D eigenvalue weighted by molar-refractivity contribution is 5.45. The molecule has 0 saturated carbocycles. The number of aromatic amines is 3. The average Bonchev–Trinajstić information content (AvgIpc) is 3.61. The maximum Gasteiger partial charge on any atom is 0.148 e. The van der Waals surface area contributed by atoms with E-state index in [1.54, 1.807) is 21.3 Å². The highest BCUT2D eigenvalue weighted by atomic mass is 16.5. The molecule has 6 rings (SSSR count). The minimum Gasteiger partial charge on any atom is -0.382 e. The van der Waals surface area contributed by atoms with E-state index in [2.05, 4.69) is 30.6 Å². The van der Waals surface area contributed by atoms with Gasteiger partial charge in [-0.25, -0.2) is 0 Å². The molecule has 0 radical (unpaired) electrons. The summed E-state index contributed by atoms with van der Waals surface area (Å²) in [6, 6.07) is 0. The predicted octanol–water partition coefficient (Wildman–Crippen LogP) is 2.12. The minimum absolute atomic E-state index is 0. The topological polar surface area (TPSA) is 192 Å². The molecule has 9 N–H and O–H groups in total. The van der Waals surface area contributed by atoms with E-state index < -0.39 is 0 Å². The van der Waals surface area contributed by atoms with Gasteiger partial charge in [0.1, 0.15) is 17.5 Å². The van der Waals surface area contributed by atoms with Gasteiger partial charge in [0.15, 0.2) is 0 Å². The van der Waals surface area contributed by atoms with E-state index in [0.717, 1.165) is 74.5 Å². The molecular weight excluding hydrogens is 474 g/mol. The highest BCUT2D eigenvalue weighted by Crippen LogP contribution is 2.26. The fourth-order valence-corrected chi connectivity index (χ4v) is 5.06. The van der Waals surface area contributed by atoms with E-state index in [1.165, 1.54) is 17.1 Å². The Balaban J connectivity index is 0.000000152. The summed E-state index contributed by atoms with van der Waals surface area (Å²) in [5.74, 6) is 1.89. The van der Waals surface area contributed by atoms with Crippen LogP contribution in [0.1, 0.15) is 60.5 Å². The van der Waals surface area contributed by atoms with Crippen LogP contribution in [0.25, 0.3) is 0 Å². The summed E-state index contributed by atoms with van der Waals surface area (Å²) in [5.41, 5.74) is 24.0. The van der Waals surface area contributed by atoms with Crippen LogP contribution >= 0.6 is 0 Å². The van der Waals surface area contributed by atoms with Gasteiger partial charge >= 0.3 is 0 Å². The second kappa shape index (κ2) is 12.9. The van der Waals surface area contributed by atoms with E-state index in [9.17, 15) is 0 Å². The van der Waals surface area contributed by atoms with Gasteiger partial charge in [0.05, 0.1) is 18.3 Å². The molecular formula is C25H43N9O3. The molecule has 0 aliphatic heterocycles. The number of nitrogens with two attached hydrogens (primary N) is 3. The Morgan fingerprint density at radius 3 is 1.08 bits per heavy atom. The molecule has 12 heteroatoms. The van der Waals surface area contributed by atoms with Gasteiger partial charge in [-0.1, -0.05) is 7.43 Å². The van der Waals surface area contributed by atoms with Crippen molar-refractivity contribution in [3.05, 3.63) is 33.8 Å². The lowest BCUT2D eigenvalue weighted by atomic mass is 9.95. The Bertz CT molecular complexity index is 985. The first-order valence-corrected chi connectivity index (χ1v) is 12.5. The van der Waals surface area contributed by atoms with Crippen molar-refractivity contribution in [1.82, 2.24) is 30.6 Å². The van der Waals surface area contributed by atoms with E-state index in [1.807, 2.05) is 0 Å². The van der Waals surface area contributed by atoms with Gasteiger partial charge in [0.25, 0.3) is 0 Å². The molecule has 0 saturated heterocycles. The van der Waals surface area contributed by atoms with Crippen molar-refractivity contribution in [1.29, 1.82) is 0 Å². The van der Waals surface area contributed by atoms with Crippen molar-refractivity contribution in [2.45, 2.75) is 83.5 Å². The van der Waals surface area contributed by atoms with Gasteiger partial charge in [0, 0.05) is 74.4 Å². The first-order valence-electron chi connectivity index (χ1n) is 12.5. The number of aryl methyl sites for hydroxylation is 3. The molecule has 206 valence electrons. The number of nitrogens with zero attached hydrogens (tertiary/aromatic N) is 3. The molecule has 3 aromatic rings. The number of hydrogen-bond acceptors (Lipinski definition) is 9. The average molecular weight is 518 g/mol. The number of H-pyrrole nitrogens is 3. The van der Waals surface area contributed by atoms with Crippen molar-refractivity contribution in [3.8, 4) is 0 Å². The molecule has 3 aromatic heterocycles. The minimum atomic E-state index is 0. The smallest absolute Gasteiger partial charge is 0.148 e. The van der Waals surface area contributed by atoms with Crippen LogP contribution in [0.3, 0.4) is 0 Å². The fourth-order valence-electron chi connectivity index (χ4n) is 5.06. The van der Waals surface area contributed by atoms with E-state index in [0.29, 0.717) is 35.8 Å². The molecule has 37 heavy (non-hydrogen) atoms. The van der Waals surface area contributed by atoms with Crippen molar-refractivity contribution >= 4 is 17.5 Å². The lowest BCUT2D eigenvalue weighted by molar-refractivity contribution is 0.0909. The van der Waals surface area contributed by atoms with Crippen LogP contribution in [-0.4, -0.2) is 70.2 Å². The summed E-state index contributed by atoms with van der Waals surface area (Å²) < 4.78 is 15.8. The Morgan fingerprint density at radius 2 is 0.838 bits per heavy atom. The first-order chi connectivity index (χ1) is 17.4. The number of anilines is 3. The number of aromatic nitrogens is 6. The predicted molar refractivity (Wildman–Crippen MR) is 144 cm³/mol. The number of fused-ring (bicyclic) bond motifs is 3. The zero-order valence-electron chi connectivity index (χ0n) is 21.4. The molecule has 3 aliphatic rings. The molecule has 0 spiro atoms. The Morgan fingerprint density at radius 1 is 0.568 bits per heavy atom. The Labute approximate surface area is 218 Å². The summed E-state index contributed by atoms with van der Waals surface area (Å²) in [5, 5.41) is 20.7. The van der Waals surface area contributed by atoms with Gasteiger partial charge in [-0.15, -0.1) is 0 Å². The Kier molecular flexibility index (Phi) is 9.95. The zero-order chi connectivity index (χ0) is 25.7. The summed E-state index contributed by atoms with van der Waals surface area (Å²) in [6.45, 7) is 0. The van der Waals surface area contributed by atoms with E-state index >= 15 is 0 Å². The van der Waals surface area contributed by atoms with Gasteiger partial charge in [-0.2, -0.15) is 15.3 Å². The highest BCUT2D eigenvalue weighted by Gasteiger charge is 2.24. The third kappa shape index (κ3) is 6.62. The number of ether oxygens (including phenoxy) is 3. The van der Waals surface area contributed by atoms with Gasteiger partial charge in [-0.3, -0.25) is 15.3 Å². The number of nitrogens with one attached hydrogen (secondary N) is 3. The summed E-state index contributed by atoms with van der Waals surface area (Å²) >= 11 is 0. The second-order valence-corrected chi connectivity index (χ2v) is 9.50. The largest absolute Gasteiger partial charge is 0.382 e. The normalized spacial score (nSPS) is 21.6. The molecule has 0 fully saturated rings. The Hall–Kier alpha value is -3.09. The maximum atomic E-state index is 5.68. The van der Waals surface area contributed by atoms with Crippen molar-refractivity contribution in [3.63, 3.8) is 0 Å². The third-order valence-electron chi connectivity index (χ3n) is 7.40. The number of methoxy groups -OCH3 is 3. The second-order valence-electron chi connectivity index (χ2n) is 9.50. The van der Waals surface area contributed by atoms with Crippen LogP contribution in [0.4, 0.5) is 17.5 Å². The quantitative estimate of drug-likeness (QED) is 0.302. The van der Waals surface area contributed by atoms with Gasteiger partial charge in [0.2, 0.25) is 0 Å². The van der Waals surface area contributed by atoms with E-state index in [-0.39, 0.29) is 7.43 Å². The molecule has 0 bridgehead atoms. The van der Waals surface area contributed by atoms with Crippen LogP contribution in [0, 0.1) is 0 Å². The van der Waals surface area contributed by atoms with E-state index in [4.69, 9.17) is 31.4 Å². The lowest BCUT2D eigenvalue weighted by Gasteiger charge is -2.20. The van der Waals surface area contributed by atoms with Crippen molar-refractivity contribution in [2.75, 3.05) is 38.5 Å². The molecule has 3 aliphatic carbocycles. The SMILES string of the molecule is C.COC1CCc2[nH]nc(N)c2C1.CO[C@@H]1CCc2[nH]nc(N)c2C1.CO[C@H]1CCc2[nH]nc(N)c2C1. The molecule has 12 nitrogen and oxygen atoms in total. The molecule has 0 aromatic carbocycles. The van der Waals surface area contributed by atoms with Crippen LogP contribution in [0.2, 0.25) is 0 Å². The van der Waals surface area contributed by atoms with Crippen LogP contribution in [-0.2, 0) is 52.7 Å². The monoisotopic (exact) mass is 517 g/mol. The van der Waals surface area contributed by atoms with Crippen molar-refractivity contribution in [2.24, 2.45) is 0 Å².